The van der Waals surface area contributed by atoms with E-state index < -0.39 is 0 Å². The van der Waals surface area contributed by atoms with E-state index >= 15 is 0 Å². The van der Waals surface area contributed by atoms with Gasteiger partial charge in [-0.1, -0.05) is 22.0 Å². The van der Waals surface area contributed by atoms with Crippen LogP contribution in [0.4, 0.5) is 0 Å². The number of carbonyl (C=O) groups is 1. The Balaban J connectivity index is 2.25. The largest absolute Gasteiger partial charge is 0.508 e. The number of phenols is 1. The molecular weight excluding hydrogens is 282 g/mol. The zero-order valence-corrected chi connectivity index (χ0v) is 11.4. The quantitative estimate of drug-likeness (QED) is 0.868. The summed E-state index contributed by atoms with van der Waals surface area (Å²) in [6, 6.07) is 5.50. The molecule has 1 aliphatic carbocycles. The second-order valence-electron chi connectivity index (χ2n) is 4.37. The van der Waals surface area contributed by atoms with Crippen molar-refractivity contribution in [2.75, 3.05) is 11.9 Å². The first kappa shape index (κ1) is 12.4. The van der Waals surface area contributed by atoms with E-state index in [1.165, 1.54) is 0 Å². The van der Waals surface area contributed by atoms with Gasteiger partial charge in [0, 0.05) is 29.0 Å². The summed E-state index contributed by atoms with van der Waals surface area (Å²) in [4.78, 5) is 14.3. The fourth-order valence-electron chi connectivity index (χ4n) is 1.94. The Bertz CT molecular complexity index is 429. The van der Waals surface area contributed by atoms with E-state index in [0.29, 0.717) is 17.2 Å². The van der Waals surface area contributed by atoms with E-state index in [1.807, 2.05) is 4.90 Å². The van der Waals surface area contributed by atoms with Gasteiger partial charge in [0.2, 0.25) is 0 Å². The van der Waals surface area contributed by atoms with Gasteiger partial charge in [0.15, 0.2) is 0 Å². The van der Waals surface area contributed by atoms with Crippen molar-refractivity contribution in [3.05, 3.63) is 29.3 Å². The summed E-state index contributed by atoms with van der Waals surface area (Å²) in [5.41, 5.74) is 1.27. The van der Waals surface area contributed by atoms with E-state index in [2.05, 4.69) is 15.9 Å². The zero-order chi connectivity index (χ0) is 12.4. The topological polar surface area (TPSA) is 40.5 Å². The van der Waals surface area contributed by atoms with Crippen LogP contribution in [-0.2, 0) is 0 Å². The minimum Gasteiger partial charge on any atom is -0.508 e. The molecule has 17 heavy (non-hydrogen) atoms. The highest BCUT2D eigenvalue weighted by atomic mass is 79.9. The third-order valence-electron chi connectivity index (χ3n) is 3.11. The van der Waals surface area contributed by atoms with Crippen LogP contribution in [0.5, 0.6) is 5.75 Å². The average molecular weight is 298 g/mol. The Morgan fingerprint density at radius 2 is 2.24 bits per heavy atom. The molecule has 1 aromatic carbocycles. The van der Waals surface area contributed by atoms with E-state index in [1.54, 1.807) is 25.1 Å². The van der Waals surface area contributed by atoms with Crippen molar-refractivity contribution in [1.82, 2.24) is 4.90 Å². The van der Waals surface area contributed by atoms with Crippen molar-refractivity contribution >= 4 is 21.8 Å². The molecule has 0 aromatic heterocycles. The first-order valence-electron chi connectivity index (χ1n) is 5.80. The maximum Gasteiger partial charge on any atom is 0.254 e. The molecular formula is C13H16BrNO2. The molecule has 0 heterocycles. The number of aromatic hydroxyl groups is 1. The number of benzene rings is 1. The van der Waals surface area contributed by atoms with Gasteiger partial charge >= 0.3 is 0 Å². The summed E-state index contributed by atoms with van der Waals surface area (Å²) < 4.78 is 0. The van der Waals surface area contributed by atoms with Crippen LogP contribution < -0.4 is 0 Å². The maximum absolute atomic E-state index is 12.4. The third kappa shape index (κ3) is 2.63. The summed E-state index contributed by atoms with van der Waals surface area (Å²) in [6.45, 7) is 2.50. The number of carbonyl (C=O) groups excluding carboxylic acids is 1. The first-order valence-corrected chi connectivity index (χ1v) is 6.93. The molecule has 0 radical (unpaired) electrons. The molecule has 1 amide bonds. The van der Waals surface area contributed by atoms with Crippen molar-refractivity contribution in [2.24, 2.45) is 0 Å². The second-order valence-corrected chi connectivity index (χ2v) is 5.16. The van der Waals surface area contributed by atoms with Crippen LogP contribution in [0.1, 0.15) is 28.8 Å². The molecule has 0 saturated heterocycles. The maximum atomic E-state index is 12.4. The van der Waals surface area contributed by atoms with Gasteiger partial charge in [-0.15, -0.1) is 0 Å². The summed E-state index contributed by atoms with van der Waals surface area (Å²) in [5.74, 6) is 0.214. The number of phenolic OH excluding ortho intramolecular Hbond substituents is 1. The van der Waals surface area contributed by atoms with Crippen LogP contribution in [0.2, 0.25) is 0 Å². The minimum absolute atomic E-state index is 0.0281. The Hall–Kier alpha value is -1.03. The summed E-state index contributed by atoms with van der Waals surface area (Å²) >= 11 is 3.38. The van der Waals surface area contributed by atoms with Gasteiger partial charge in [-0.25, -0.2) is 0 Å². The predicted molar refractivity (Wildman–Crippen MR) is 70.7 cm³/mol. The van der Waals surface area contributed by atoms with E-state index in [4.69, 9.17) is 0 Å². The molecule has 0 aliphatic heterocycles. The smallest absolute Gasteiger partial charge is 0.254 e. The third-order valence-corrected chi connectivity index (χ3v) is 3.46. The highest BCUT2D eigenvalue weighted by Crippen LogP contribution is 2.30. The molecule has 1 fully saturated rings. The molecule has 0 spiro atoms. The molecule has 0 atom stereocenters. The van der Waals surface area contributed by atoms with Gasteiger partial charge in [0.25, 0.3) is 5.91 Å². The standard InChI is InChI=1S/C13H16BrNO2/c1-9-11(3-2-4-12(9)16)13(17)15(8-7-14)10-5-6-10/h2-4,10,16H,5-8H2,1H3. The fraction of sp³-hybridized carbons (Fsp3) is 0.462. The normalized spacial score (nSPS) is 14.7. The number of amides is 1. The predicted octanol–water partition coefficient (Wildman–Crippen LogP) is 2.70. The molecule has 0 unspecified atom stereocenters. The van der Waals surface area contributed by atoms with Gasteiger partial charge in [0.05, 0.1) is 0 Å². The van der Waals surface area contributed by atoms with Crippen LogP contribution in [0.3, 0.4) is 0 Å². The number of rotatable bonds is 4. The van der Waals surface area contributed by atoms with E-state index in [9.17, 15) is 9.90 Å². The lowest BCUT2D eigenvalue weighted by atomic mass is 10.1. The lowest BCUT2D eigenvalue weighted by molar-refractivity contribution is 0.0753. The summed E-state index contributed by atoms with van der Waals surface area (Å²) in [5, 5.41) is 10.4. The van der Waals surface area contributed by atoms with Gasteiger partial charge < -0.3 is 10.0 Å². The lowest BCUT2D eigenvalue weighted by Crippen LogP contribution is -2.35. The molecule has 0 bridgehead atoms. The number of hydrogen-bond acceptors (Lipinski definition) is 2. The van der Waals surface area contributed by atoms with Crippen molar-refractivity contribution in [3.8, 4) is 5.75 Å². The Labute approximate surface area is 110 Å². The van der Waals surface area contributed by atoms with Crippen molar-refractivity contribution in [2.45, 2.75) is 25.8 Å². The Kier molecular flexibility index (Phi) is 3.72. The van der Waals surface area contributed by atoms with Crippen molar-refractivity contribution < 1.29 is 9.90 Å². The van der Waals surface area contributed by atoms with Crippen LogP contribution in [-0.4, -0.2) is 33.8 Å². The highest BCUT2D eigenvalue weighted by molar-refractivity contribution is 9.09. The summed E-state index contributed by atoms with van der Waals surface area (Å²) in [7, 11) is 0. The SMILES string of the molecule is Cc1c(O)cccc1C(=O)N(CCBr)C1CC1. The molecule has 1 saturated carbocycles. The van der Waals surface area contributed by atoms with Gasteiger partial charge in [0.1, 0.15) is 5.75 Å². The number of halogens is 1. The molecule has 1 N–H and O–H groups in total. The molecule has 1 aliphatic rings. The van der Waals surface area contributed by atoms with E-state index in [0.717, 1.165) is 24.7 Å². The number of alkyl halides is 1. The van der Waals surface area contributed by atoms with Crippen LogP contribution in [0, 0.1) is 6.92 Å². The van der Waals surface area contributed by atoms with Crippen LogP contribution >= 0.6 is 15.9 Å². The minimum atomic E-state index is 0.0281. The summed E-state index contributed by atoms with van der Waals surface area (Å²) in [6.07, 6.45) is 2.19. The number of nitrogens with zero attached hydrogens (tertiary/aromatic N) is 1. The molecule has 92 valence electrons. The van der Waals surface area contributed by atoms with Gasteiger partial charge in [-0.3, -0.25) is 4.79 Å². The van der Waals surface area contributed by atoms with Crippen molar-refractivity contribution in [1.29, 1.82) is 0 Å². The fourth-order valence-corrected chi connectivity index (χ4v) is 2.32. The molecule has 3 nitrogen and oxygen atoms in total. The lowest BCUT2D eigenvalue weighted by Gasteiger charge is -2.22. The Morgan fingerprint density at radius 3 is 2.82 bits per heavy atom. The average Bonchev–Trinajstić information content (AvgIpc) is 3.13. The van der Waals surface area contributed by atoms with Crippen molar-refractivity contribution in [3.63, 3.8) is 0 Å². The van der Waals surface area contributed by atoms with E-state index in [-0.39, 0.29) is 11.7 Å². The number of hydrogen-bond donors (Lipinski definition) is 1. The highest BCUT2D eigenvalue weighted by Gasteiger charge is 2.33. The second kappa shape index (κ2) is 5.08. The molecule has 2 rings (SSSR count). The molecule has 4 heteroatoms. The molecule has 1 aromatic rings. The van der Waals surface area contributed by atoms with Gasteiger partial charge in [-0.05, 0) is 31.9 Å². The Morgan fingerprint density at radius 1 is 1.53 bits per heavy atom. The van der Waals surface area contributed by atoms with Crippen LogP contribution in [0.25, 0.3) is 0 Å². The van der Waals surface area contributed by atoms with Gasteiger partial charge in [-0.2, -0.15) is 0 Å². The first-order chi connectivity index (χ1) is 8.15. The monoisotopic (exact) mass is 297 g/mol. The zero-order valence-electron chi connectivity index (χ0n) is 9.82. The van der Waals surface area contributed by atoms with Crippen LogP contribution in [0.15, 0.2) is 18.2 Å².